The summed E-state index contributed by atoms with van der Waals surface area (Å²) in [6.45, 7) is 3.80. The van der Waals surface area contributed by atoms with Crippen LogP contribution in [-0.2, 0) is 10.2 Å². The highest BCUT2D eigenvalue weighted by atomic mass is 32.2. The zero-order valence-corrected chi connectivity index (χ0v) is 9.43. The molecule has 0 saturated heterocycles. The van der Waals surface area contributed by atoms with Gasteiger partial charge in [0.15, 0.2) is 0 Å². The summed E-state index contributed by atoms with van der Waals surface area (Å²) < 4.78 is 27.2. The van der Waals surface area contributed by atoms with Crippen molar-refractivity contribution in [2.45, 2.75) is 13.8 Å². The predicted molar refractivity (Wildman–Crippen MR) is 59.6 cm³/mol. The van der Waals surface area contributed by atoms with Crippen molar-refractivity contribution in [1.29, 1.82) is 0 Å². The molecule has 0 unspecified atom stereocenters. The van der Waals surface area contributed by atoms with Crippen molar-refractivity contribution in [3.05, 3.63) is 17.8 Å². The van der Waals surface area contributed by atoms with Crippen LogP contribution in [0.25, 0.3) is 0 Å². The lowest BCUT2D eigenvalue weighted by Crippen LogP contribution is -2.30. The zero-order chi connectivity index (χ0) is 11.5. The first-order valence-electron chi connectivity index (χ1n) is 4.44. The van der Waals surface area contributed by atoms with E-state index in [4.69, 9.17) is 5.73 Å². The van der Waals surface area contributed by atoms with Gasteiger partial charge in [0.2, 0.25) is 0 Å². The zero-order valence-electron chi connectivity index (χ0n) is 8.61. The standard InChI is InChI=1S/C8H14N4O2S/c1-3-11-15(13,14)12-8-4-6(2)7(9)5-10-8/h4-5,11H,3,9H2,1-2H3,(H,10,12). The fourth-order valence-corrected chi connectivity index (χ4v) is 1.83. The number of aryl methyl sites for hydroxylation is 1. The van der Waals surface area contributed by atoms with Crippen LogP contribution >= 0.6 is 0 Å². The Bertz CT molecular complexity index is 444. The molecular weight excluding hydrogens is 216 g/mol. The molecule has 6 nitrogen and oxygen atoms in total. The molecule has 0 aliphatic carbocycles. The van der Waals surface area contributed by atoms with Crippen molar-refractivity contribution in [3.8, 4) is 0 Å². The van der Waals surface area contributed by atoms with Gasteiger partial charge >= 0.3 is 0 Å². The summed E-state index contributed by atoms with van der Waals surface area (Å²) in [6.07, 6.45) is 1.42. The second-order valence-corrected chi connectivity index (χ2v) is 4.53. The fraction of sp³-hybridized carbons (Fsp3) is 0.375. The second kappa shape index (κ2) is 4.45. The van der Waals surface area contributed by atoms with E-state index in [9.17, 15) is 8.42 Å². The average Bonchev–Trinajstić information content (AvgIpc) is 2.10. The maximum atomic E-state index is 11.3. The lowest BCUT2D eigenvalue weighted by atomic mass is 10.2. The number of nitrogens with two attached hydrogens (primary N) is 1. The quantitative estimate of drug-likeness (QED) is 0.690. The molecule has 1 rings (SSSR count). The number of nitrogen functional groups attached to an aromatic ring is 1. The third-order valence-corrected chi connectivity index (χ3v) is 2.87. The molecule has 1 heterocycles. The van der Waals surface area contributed by atoms with Crippen LogP contribution in [0.3, 0.4) is 0 Å². The van der Waals surface area contributed by atoms with Crippen LogP contribution in [0.1, 0.15) is 12.5 Å². The van der Waals surface area contributed by atoms with E-state index in [1.165, 1.54) is 6.20 Å². The van der Waals surface area contributed by atoms with Crippen molar-refractivity contribution < 1.29 is 8.42 Å². The minimum Gasteiger partial charge on any atom is -0.397 e. The first-order valence-corrected chi connectivity index (χ1v) is 5.92. The molecule has 4 N–H and O–H groups in total. The molecule has 0 bridgehead atoms. The Morgan fingerprint density at radius 1 is 1.53 bits per heavy atom. The normalized spacial score (nSPS) is 11.3. The Morgan fingerprint density at radius 2 is 2.20 bits per heavy atom. The van der Waals surface area contributed by atoms with Gasteiger partial charge in [-0.1, -0.05) is 6.92 Å². The molecule has 7 heteroatoms. The van der Waals surface area contributed by atoms with Gasteiger partial charge < -0.3 is 5.73 Å². The van der Waals surface area contributed by atoms with Crippen molar-refractivity contribution in [2.75, 3.05) is 17.0 Å². The van der Waals surface area contributed by atoms with Crippen LogP contribution in [0, 0.1) is 6.92 Å². The summed E-state index contributed by atoms with van der Waals surface area (Å²) in [5.74, 6) is 0.252. The van der Waals surface area contributed by atoms with Gasteiger partial charge in [0.05, 0.1) is 11.9 Å². The highest BCUT2D eigenvalue weighted by molar-refractivity contribution is 7.90. The fourth-order valence-electron chi connectivity index (χ4n) is 0.986. The molecule has 15 heavy (non-hydrogen) atoms. The molecule has 0 aromatic carbocycles. The van der Waals surface area contributed by atoms with Crippen LogP contribution in [-0.4, -0.2) is 19.9 Å². The van der Waals surface area contributed by atoms with Crippen molar-refractivity contribution >= 4 is 21.7 Å². The summed E-state index contributed by atoms with van der Waals surface area (Å²) in [4.78, 5) is 3.85. The molecule has 0 fully saturated rings. The van der Waals surface area contributed by atoms with E-state index in [1.807, 2.05) is 0 Å². The van der Waals surface area contributed by atoms with E-state index in [2.05, 4.69) is 14.4 Å². The summed E-state index contributed by atoms with van der Waals surface area (Å²) in [5, 5.41) is 0. The lowest BCUT2D eigenvalue weighted by Gasteiger charge is -2.08. The van der Waals surface area contributed by atoms with Gasteiger partial charge in [0, 0.05) is 6.54 Å². The van der Waals surface area contributed by atoms with Crippen molar-refractivity contribution in [3.63, 3.8) is 0 Å². The van der Waals surface area contributed by atoms with Crippen LogP contribution in [0.5, 0.6) is 0 Å². The number of anilines is 2. The van der Waals surface area contributed by atoms with Gasteiger partial charge in [-0.2, -0.15) is 13.1 Å². The van der Waals surface area contributed by atoms with Gasteiger partial charge in [-0.15, -0.1) is 0 Å². The number of nitrogens with zero attached hydrogens (tertiary/aromatic N) is 1. The smallest absolute Gasteiger partial charge is 0.300 e. The van der Waals surface area contributed by atoms with Crippen LogP contribution in [0.15, 0.2) is 12.3 Å². The predicted octanol–water partition coefficient (Wildman–Crippen LogP) is 0.238. The average molecular weight is 230 g/mol. The van der Waals surface area contributed by atoms with E-state index in [0.29, 0.717) is 12.2 Å². The van der Waals surface area contributed by atoms with E-state index in [1.54, 1.807) is 19.9 Å². The van der Waals surface area contributed by atoms with Crippen molar-refractivity contribution in [2.24, 2.45) is 0 Å². The number of rotatable bonds is 4. The molecule has 0 atom stereocenters. The third-order valence-electron chi connectivity index (χ3n) is 1.72. The van der Waals surface area contributed by atoms with E-state index < -0.39 is 10.2 Å². The second-order valence-electron chi connectivity index (χ2n) is 3.03. The Labute approximate surface area is 89.1 Å². The number of aromatic nitrogens is 1. The van der Waals surface area contributed by atoms with E-state index in [-0.39, 0.29) is 5.82 Å². The highest BCUT2D eigenvalue weighted by Crippen LogP contribution is 2.13. The summed E-state index contributed by atoms with van der Waals surface area (Å²) in [7, 11) is -3.52. The van der Waals surface area contributed by atoms with Gasteiger partial charge in [0.25, 0.3) is 10.2 Å². The Kier molecular flexibility index (Phi) is 3.48. The van der Waals surface area contributed by atoms with Gasteiger partial charge in [-0.25, -0.2) is 4.98 Å². The molecule has 0 saturated carbocycles. The monoisotopic (exact) mass is 230 g/mol. The first kappa shape index (κ1) is 11.7. The molecule has 0 aliphatic rings. The molecule has 84 valence electrons. The number of hydrogen-bond acceptors (Lipinski definition) is 4. The Morgan fingerprint density at radius 3 is 2.73 bits per heavy atom. The first-order chi connectivity index (χ1) is 6.94. The van der Waals surface area contributed by atoms with Gasteiger partial charge in [-0.3, -0.25) is 4.72 Å². The summed E-state index contributed by atoms with van der Waals surface area (Å²) in [6, 6.07) is 1.57. The largest absolute Gasteiger partial charge is 0.397 e. The van der Waals surface area contributed by atoms with Crippen molar-refractivity contribution in [1.82, 2.24) is 9.71 Å². The minimum atomic E-state index is -3.52. The van der Waals surface area contributed by atoms with E-state index >= 15 is 0 Å². The van der Waals surface area contributed by atoms with Crippen LogP contribution in [0.4, 0.5) is 11.5 Å². The van der Waals surface area contributed by atoms with Gasteiger partial charge in [-0.05, 0) is 18.6 Å². The molecule has 0 spiro atoms. The van der Waals surface area contributed by atoms with E-state index in [0.717, 1.165) is 5.56 Å². The molecule has 1 aromatic rings. The Hall–Kier alpha value is -1.34. The lowest BCUT2D eigenvalue weighted by molar-refractivity contribution is 0.589. The summed E-state index contributed by atoms with van der Waals surface area (Å²) in [5.41, 5.74) is 6.86. The van der Waals surface area contributed by atoms with Gasteiger partial charge in [0.1, 0.15) is 5.82 Å². The van der Waals surface area contributed by atoms with Crippen LogP contribution < -0.4 is 15.2 Å². The third kappa shape index (κ3) is 3.37. The molecule has 0 radical (unpaired) electrons. The molecular formula is C8H14N4O2S. The number of hydrogen-bond donors (Lipinski definition) is 3. The molecule has 0 aliphatic heterocycles. The maximum Gasteiger partial charge on any atom is 0.300 e. The number of nitrogens with one attached hydrogen (secondary N) is 2. The topological polar surface area (TPSA) is 97.1 Å². The highest BCUT2D eigenvalue weighted by Gasteiger charge is 2.08. The maximum absolute atomic E-state index is 11.3. The minimum absolute atomic E-state index is 0.252. The molecule has 0 amide bonds. The summed E-state index contributed by atoms with van der Waals surface area (Å²) >= 11 is 0. The Balaban J connectivity index is 2.86. The molecule has 1 aromatic heterocycles. The van der Waals surface area contributed by atoms with Crippen LogP contribution in [0.2, 0.25) is 0 Å². The number of pyridine rings is 1. The SMILES string of the molecule is CCNS(=O)(=O)Nc1cc(C)c(N)cn1.